The molecule has 4 N–H and O–H groups in total. The molecule has 0 fully saturated rings. The fraction of sp³-hybridized carbons (Fsp3) is 0.278. The highest BCUT2D eigenvalue weighted by Gasteiger charge is 2.42. The summed E-state index contributed by atoms with van der Waals surface area (Å²) in [6.45, 7) is 1.84. The first kappa shape index (κ1) is 19.6. The minimum atomic E-state index is -1.77. The van der Waals surface area contributed by atoms with E-state index in [2.05, 4.69) is 10.1 Å². The van der Waals surface area contributed by atoms with Gasteiger partial charge in [-0.25, -0.2) is 4.79 Å². The number of hydrogen-bond acceptors (Lipinski definition) is 7. The first-order valence-electron chi connectivity index (χ1n) is 7.90. The fourth-order valence-corrected chi connectivity index (χ4v) is 3.27. The lowest BCUT2D eigenvalue weighted by atomic mass is 9.91. The van der Waals surface area contributed by atoms with E-state index in [0.29, 0.717) is 4.88 Å². The molecule has 0 spiro atoms. The van der Waals surface area contributed by atoms with Crippen molar-refractivity contribution in [3.8, 4) is 5.75 Å². The highest BCUT2D eigenvalue weighted by molar-refractivity contribution is 7.16. The first-order valence-corrected chi connectivity index (χ1v) is 8.71. The second-order valence-corrected chi connectivity index (χ2v) is 6.75. The van der Waals surface area contributed by atoms with Gasteiger partial charge in [0.05, 0.1) is 16.9 Å². The van der Waals surface area contributed by atoms with Gasteiger partial charge in [0.15, 0.2) is 5.54 Å². The van der Waals surface area contributed by atoms with Crippen LogP contribution in [0.1, 0.15) is 38.3 Å². The van der Waals surface area contributed by atoms with Gasteiger partial charge < -0.3 is 20.9 Å². The van der Waals surface area contributed by atoms with Crippen LogP contribution in [0.25, 0.3) is 0 Å². The second-order valence-electron chi connectivity index (χ2n) is 5.66. The second kappa shape index (κ2) is 8.11. The molecular formula is C18H20N2O5S. The van der Waals surface area contributed by atoms with Gasteiger partial charge in [-0.1, -0.05) is 19.1 Å². The summed E-state index contributed by atoms with van der Waals surface area (Å²) in [7, 11) is 1.17. The molecule has 138 valence electrons. The Labute approximate surface area is 154 Å². The molecule has 1 unspecified atom stereocenters. The predicted molar refractivity (Wildman–Crippen MR) is 97.2 cm³/mol. The van der Waals surface area contributed by atoms with E-state index in [1.54, 1.807) is 25.1 Å². The molecule has 26 heavy (non-hydrogen) atoms. The smallest absolute Gasteiger partial charge is 0.334 e. The van der Waals surface area contributed by atoms with E-state index in [4.69, 9.17) is 5.73 Å². The number of aromatic hydroxyl groups is 1. The number of phenols is 1. The average molecular weight is 376 g/mol. The number of methoxy groups -OCH3 is 1. The van der Waals surface area contributed by atoms with Crippen LogP contribution in [0.3, 0.4) is 0 Å². The number of Topliss-reactive ketones (excluding diaryl/α,β-unsaturated/α-hetero) is 1. The summed E-state index contributed by atoms with van der Waals surface area (Å²) in [5, 5.41) is 12.1. The summed E-state index contributed by atoms with van der Waals surface area (Å²) in [6.07, 6.45) is 0.0788. The topological polar surface area (TPSA) is 119 Å². The van der Waals surface area contributed by atoms with Crippen LogP contribution >= 0.6 is 11.3 Å². The Kier molecular flexibility index (Phi) is 6.12. The van der Waals surface area contributed by atoms with Gasteiger partial charge in [0.25, 0.3) is 5.91 Å². The molecule has 0 aliphatic heterocycles. The van der Waals surface area contributed by atoms with Crippen LogP contribution in [-0.2, 0) is 16.1 Å². The van der Waals surface area contributed by atoms with Crippen molar-refractivity contribution in [2.24, 2.45) is 5.73 Å². The van der Waals surface area contributed by atoms with Gasteiger partial charge in [-0.15, -0.1) is 11.3 Å². The van der Waals surface area contributed by atoms with E-state index in [9.17, 15) is 19.5 Å². The molecule has 2 aromatic rings. The molecule has 8 heteroatoms. The van der Waals surface area contributed by atoms with E-state index in [1.165, 1.54) is 25.3 Å². The number of nitrogens with one attached hydrogen (secondary N) is 1. The van der Waals surface area contributed by atoms with Crippen LogP contribution in [0.15, 0.2) is 36.4 Å². The molecule has 0 bridgehead atoms. The third kappa shape index (κ3) is 4.09. The van der Waals surface area contributed by atoms with E-state index in [1.807, 2.05) is 0 Å². The summed E-state index contributed by atoms with van der Waals surface area (Å²) in [4.78, 5) is 37.2. The molecule has 1 aromatic heterocycles. The summed E-state index contributed by atoms with van der Waals surface area (Å²) in [6, 6.07) is 9.50. The molecule has 7 nitrogen and oxygen atoms in total. The van der Waals surface area contributed by atoms with Crippen molar-refractivity contribution in [3.05, 3.63) is 51.7 Å². The van der Waals surface area contributed by atoms with Crippen LogP contribution in [0.4, 0.5) is 0 Å². The van der Waals surface area contributed by atoms with Crippen LogP contribution in [-0.4, -0.2) is 35.4 Å². The maximum Gasteiger partial charge on any atom is 0.334 e. The third-order valence-electron chi connectivity index (χ3n) is 3.93. The Balaban J connectivity index is 2.09. The highest BCUT2D eigenvalue weighted by atomic mass is 32.1. The summed E-state index contributed by atoms with van der Waals surface area (Å²) in [5.74, 6) is -1.64. The number of benzene rings is 1. The standard InChI is InChI=1S/C18H20N2O5S/c1-3-18(19,17(24)25-2)15(22)13-7-8-14(26-13)16(23)20-10-11-5-4-6-12(21)9-11/h4-9,21H,3,10,19H2,1-2H3,(H,20,23). The monoisotopic (exact) mass is 376 g/mol. The van der Waals surface area contributed by atoms with Crippen molar-refractivity contribution >= 4 is 29.0 Å². The van der Waals surface area contributed by atoms with Crippen LogP contribution in [0.5, 0.6) is 5.75 Å². The van der Waals surface area contributed by atoms with E-state index in [0.717, 1.165) is 16.9 Å². The first-order chi connectivity index (χ1) is 12.3. The Morgan fingerprint density at radius 2 is 1.92 bits per heavy atom. The zero-order valence-corrected chi connectivity index (χ0v) is 15.3. The van der Waals surface area contributed by atoms with Gasteiger partial charge >= 0.3 is 5.97 Å². The Bertz CT molecular complexity index is 832. The average Bonchev–Trinajstić information content (AvgIpc) is 3.14. The molecule has 0 saturated carbocycles. The molecule has 0 aliphatic rings. The number of nitrogens with two attached hydrogens (primary N) is 1. The molecule has 1 heterocycles. The lowest BCUT2D eigenvalue weighted by molar-refractivity contribution is -0.145. The molecule has 1 aromatic carbocycles. The number of hydrogen-bond donors (Lipinski definition) is 3. The minimum Gasteiger partial charge on any atom is -0.508 e. The van der Waals surface area contributed by atoms with Gasteiger partial charge in [-0.2, -0.15) is 0 Å². The summed E-state index contributed by atoms with van der Waals surface area (Å²) >= 11 is 0.959. The lowest BCUT2D eigenvalue weighted by Crippen LogP contribution is -2.54. The van der Waals surface area contributed by atoms with Crippen molar-refractivity contribution in [1.82, 2.24) is 5.32 Å². The van der Waals surface area contributed by atoms with Crippen molar-refractivity contribution in [1.29, 1.82) is 0 Å². The van der Waals surface area contributed by atoms with Crippen LogP contribution in [0, 0.1) is 0 Å². The van der Waals surface area contributed by atoms with Crippen molar-refractivity contribution in [2.45, 2.75) is 25.4 Å². The molecular weight excluding hydrogens is 356 g/mol. The quantitative estimate of drug-likeness (QED) is 0.385. The molecule has 1 atom stereocenters. The van der Waals surface area contributed by atoms with E-state index < -0.39 is 17.3 Å². The van der Waals surface area contributed by atoms with E-state index in [-0.39, 0.29) is 29.5 Å². The van der Waals surface area contributed by atoms with Crippen LogP contribution in [0.2, 0.25) is 0 Å². The Morgan fingerprint density at radius 3 is 2.54 bits per heavy atom. The number of carbonyl (C=O) groups is 3. The highest BCUT2D eigenvalue weighted by Crippen LogP contribution is 2.24. The molecule has 2 rings (SSSR count). The predicted octanol–water partition coefficient (Wildman–Crippen LogP) is 1.85. The van der Waals surface area contributed by atoms with Gasteiger partial charge in [-0.3, -0.25) is 9.59 Å². The van der Waals surface area contributed by atoms with Crippen molar-refractivity contribution < 1.29 is 24.2 Å². The fourth-order valence-electron chi connectivity index (χ4n) is 2.32. The third-order valence-corrected chi connectivity index (χ3v) is 5.01. The zero-order chi connectivity index (χ0) is 19.3. The van der Waals surface area contributed by atoms with Crippen LogP contribution < -0.4 is 11.1 Å². The maximum atomic E-state index is 12.6. The largest absolute Gasteiger partial charge is 0.508 e. The number of amides is 1. The number of esters is 1. The lowest BCUT2D eigenvalue weighted by Gasteiger charge is -2.22. The van der Waals surface area contributed by atoms with Gasteiger partial charge in [0.1, 0.15) is 5.75 Å². The van der Waals surface area contributed by atoms with Gasteiger partial charge in [0, 0.05) is 6.54 Å². The Hall–Kier alpha value is -2.71. The van der Waals surface area contributed by atoms with Crippen molar-refractivity contribution in [2.75, 3.05) is 7.11 Å². The molecule has 0 radical (unpaired) electrons. The van der Waals surface area contributed by atoms with Gasteiger partial charge in [0.2, 0.25) is 5.78 Å². The zero-order valence-electron chi connectivity index (χ0n) is 14.4. The van der Waals surface area contributed by atoms with E-state index >= 15 is 0 Å². The number of rotatable bonds is 7. The van der Waals surface area contributed by atoms with Gasteiger partial charge in [-0.05, 0) is 36.2 Å². The molecule has 0 saturated heterocycles. The minimum absolute atomic E-state index is 0.0788. The normalized spacial score (nSPS) is 12.9. The van der Waals surface area contributed by atoms with Crippen molar-refractivity contribution in [3.63, 3.8) is 0 Å². The number of ether oxygens (including phenoxy) is 1. The molecule has 0 aliphatic carbocycles. The number of carbonyl (C=O) groups excluding carboxylic acids is 3. The number of phenolic OH excluding ortho intramolecular Hbond substituents is 1. The SMILES string of the molecule is CCC(N)(C(=O)OC)C(=O)c1ccc(C(=O)NCc2cccc(O)c2)s1. The maximum absolute atomic E-state index is 12.6. The number of ketones is 1. The Morgan fingerprint density at radius 1 is 1.23 bits per heavy atom. The molecule has 1 amide bonds. The summed E-state index contributed by atoms with van der Waals surface area (Å²) < 4.78 is 4.62. The summed E-state index contributed by atoms with van der Waals surface area (Å²) in [5.41, 5.74) is 4.89. The number of thiophene rings is 1.